The minimum absolute atomic E-state index is 0.0878. The van der Waals surface area contributed by atoms with Crippen LogP contribution in [0.3, 0.4) is 0 Å². The monoisotopic (exact) mass is 443 g/mol. The normalized spacial score (nSPS) is 14.8. The van der Waals surface area contributed by atoms with Crippen LogP contribution in [-0.2, 0) is 31.2 Å². The molecule has 0 atom stereocenters. The van der Waals surface area contributed by atoms with Gasteiger partial charge in [0.25, 0.3) is 0 Å². The zero-order chi connectivity index (χ0) is 21.8. The van der Waals surface area contributed by atoms with Gasteiger partial charge < -0.3 is 9.42 Å². The van der Waals surface area contributed by atoms with Crippen molar-refractivity contribution in [1.82, 2.24) is 24.4 Å². The molecule has 2 aromatic heterocycles. The van der Waals surface area contributed by atoms with Gasteiger partial charge in [0.1, 0.15) is 11.6 Å². The first-order valence-electron chi connectivity index (χ1n) is 10.6. The van der Waals surface area contributed by atoms with E-state index in [4.69, 9.17) is 16.1 Å². The zero-order valence-corrected chi connectivity index (χ0v) is 18.3. The standard InChI is InChI=1S/C22H26ClN5O3/c1-26-22(30)28(14-9-16-5-3-2-4-6-16)21(24-26)17-10-12-27(13-11-17)20(29)8-7-18-15-19(23)25-31-18/h2-6,15,17H,7-14H2,1H3. The fourth-order valence-corrected chi connectivity index (χ4v) is 4.26. The number of hydrogen-bond donors (Lipinski definition) is 0. The molecule has 1 aliphatic heterocycles. The lowest BCUT2D eigenvalue weighted by Gasteiger charge is -2.31. The van der Waals surface area contributed by atoms with Crippen LogP contribution in [0.2, 0.25) is 5.15 Å². The molecule has 0 bridgehead atoms. The maximum Gasteiger partial charge on any atom is 0.345 e. The number of aryl methyl sites for hydroxylation is 3. The molecule has 0 spiro atoms. The molecule has 0 saturated carbocycles. The Hall–Kier alpha value is -2.87. The highest BCUT2D eigenvalue weighted by atomic mass is 35.5. The van der Waals surface area contributed by atoms with Gasteiger partial charge >= 0.3 is 5.69 Å². The van der Waals surface area contributed by atoms with Crippen LogP contribution in [0.4, 0.5) is 0 Å². The molecule has 1 aliphatic rings. The molecule has 0 unspecified atom stereocenters. The maximum atomic E-state index is 12.6. The van der Waals surface area contributed by atoms with E-state index in [1.807, 2.05) is 23.1 Å². The first-order valence-corrected chi connectivity index (χ1v) is 11.0. The number of amides is 1. The molecule has 0 radical (unpaired) electrons. The quantitative estimate of drug-likeness (QED) is 0.560. The fourth-order valence-electron chi connectivity index (χ4n) is 4.10. The van der Waals surface area contributed by atoms with E-state index in [0.717, 1.165) is 25.1 Å². The highest BCUT2D eigenvalue weighted by Gasteiger charge is 2.28. The molecule has 1 fully saturated rings. The van der Waals surface area contributed by atoms with Crippen LogP contribution in [-0.4, -0.2) is 43.4 Å². The summed E-state index contributed by atoms with van der Waals surface area (Å²) in [7, 11) is 1.69. The van der Waals surface area contributed by atoms with Crippen LogP contribution in [0.15, 0.2) is 45.7 Å². The predicted octanol–water partition coefficient (Wildman–Crippen LogP) is 2.80. The summed E-state index contributed by atoms with van der Waals surface area (Å²) in [6.07, 6.45) is 3.21. The molecule has 8 nitrogen and oxygen atoms in total. The Balaban J connectivity index is 1.35. The molecule has 164 valence electrons. The van der Waals surface area contributed by atoms with Crippen molar-refractivity contribution in [3.63, 3.8) is 0 Å². The molecule has 3 aromatic rings. The Kier molecular flexibility index (Phi) is 6.56. The van der Waals surface area contributed by atoms with E-state index in [-0.39, 0.29) is 17.5 Å². The van der Waals surface area contributed by atoms with Gasteiger partial charge in [-0.25, -0.2) is 9.48 Å². The topological polar surface area (TPSA) is 86.2 Å². The first-order chi connectivity index (χ1) is 15.0. The average molecular weight is 444 g/mol. The number of nitrogens with zero attached hydrogens (tertiary/aromatic N) is 5. The van der Waals surface area contributed by atoms with Crippen molar-refractivity contribution < 1.29 is 9.32 Å². The Morgan fingerprint density at radius 2 is 1.94 bits per heavy atom. The Labute approximate surface area is 185 Å². The van der Waals surface area contributed by atoms with Crippen molar-refractivity contribution in [2.45, 2.75) is 44.6 Å². The van der Waals surface area contributed by atoms with E-state index in [2.05, 4.69) is 22.4 Å². The molecule has 9 heteroatoms. The summed E-state index contributed by atoms with van der Waals surface area (Å²) in [6.45, 7) is 1.92. The van der Waals surface area contributed by atoms with Gasteiger partial charge in [-0.2, -0.15) is 5.10 Å². The van der Waals surface area contributed by atoms with Crippen LogP contribution >= 0.6 is 11.6 Å². The Bertz CT molecular complexity index is 1080. The molecule has 31 heavy (non-hydrogen) atoms. The van der Waals surface area contributed by atoms with Gasteiger partial charge in [0.05, 0.1) is 0 Å². The number of likely N-dealkylation sites (tertiary alicyclic amines) is 1. The summed E-state index contributed by atoms with van der Waals surface area (Å²) in [4.78, 5) is 27.1. The minimum Gasteiger partial charge on any atom is -0.360 e. The molecule has 1 saturated heterocycles. The number of rotatable bonds is 7. The lowest BCUT2D eigenvalue weighted by Crippen LogP contribution is -2.38. The molecule has 1 aromatic carbocycles. The van der Waals surface area contributed by atoms with E-state index in [1.54, 1.807) is 17.7 Å². The van der Waals surface area contributed by atoms with Crippen molar-refractivity contribution in [2.75, 3.05) is 13.1 Å². The summed E-state index contributed by atoms with van der Waals surface area (Å²) in [5.41, 5.74) is 1.10. The number of carbonyl (C=O) groups is 1. The van der Waals surface area contributed by atoms with Crippen LogP contribution in [0.25, 0.3) is 0 Å². The van der Waals surface area contributed by atoms with Gasteiger partial charge in [-0.15, -0.1) is 0 Å². The van der Waals surface area contributed by atoms with Gasteiger partial charge in [0.2, 0.25) is 5.91 Å². The van der Waals surface area contributed by atoms with Crippen LogP contribution in [0, 0.1) is 0 Å². The third kappa shape index (κ3) is 5.07. The lowest BCUT2D eigenvalue weighted by molar-refractivity contribution is -0.132. The second-order valence-electron chi connectivity index (χ2n) is 7.92. The van der Waals surface area contributed by atoms with Gasteiger partial charge in [-0.3, -0.25) is 9.36 Å². The minimum atomic E-state index is -0.0878. The van der Waals surface area contributed by atoms with Crippen molar-refractivity contribution in [3.05, 3.63) is 69.2 Å². The van der Waals surface area contributed by atoms with Crippen molar-refractivity contribution >= 4 is 17.5 Å². The summed E-state index contributed by atoms with van der Waals surface area (Å²) < 4.78 is 8.27. The van der Waals surface area contributed by atoms with E-state index >= 15 is 0 Å². The number of carbonyl (C=O) groups excluding carboxylic acids is 1. The second-order valence-corrected chi connectivity index (χ2v) is 8.31. The highest BCUT2D eigenvalue weighted by Crippen LogP contribution is 2.27. The predicted molar refractivity (Wildman–Crippen MR) is 116 cm³/mol. The number of benzene rings is 1. The van der Waals surface area contributed by atoms with E-state index in [1.165, 1.54) is 10.2 Å². The molecule has 3 heterocycles. The van der Waals surface area contributed by atoms with Crippen LogP contribution < -0.4 is 5.69 Å². The highest BCUT2D eigenvalue weighted by molar-refractivity contribution is 6.29. The smallest absolute Gasteiger partial charge is 0.345 e. The third-order valence-electron chi connectivity index (χ3n) is 5.83. The van der Waals surface area contributed by atoms with Crippen molar-refractivity contribution in [2.24, 2.45) is 7.05 Å². The van der Waals surface area contributed by atoms with Gasteiger partial charge in [-0.1, -0.05) is 47.1 Å². The number of piperidine rings is 1. The number of hydrogen-bond acceptors (Lipinski definition) is 5. The summed E-state index contributed by atoms with van der Waals surface area (Å²) in [6, 6.07) is 11.8. The largest absolute Gasteiger partial charge is 0.360 e. The number of aromatic nitrogens is 4. The third-order valence-corrected chi connectivity index (χ3v) is 6.01. The fraction of sp³-hybridized carbons (Fsp3) is 0.455. The molecule has 4 rings (SSSR count). The van der Waals surface area contributed by atoms with E-state index < -0.39 is 0 Å². The van der Waals surface area contributed by atoms with Crippen molar-refractivity contribution in [3.8, 4) is 0 Å². The Morgan fingerprint density at radius 1 is 1.19 bits per heavy atom. The van der Waals surface area contributed by atoms with Gasteiger partial charge in [0, 0.05) is 51.5 Å². The lowest BCUT2D eigenvalue weighted by atomic mass is 9.95. The zero-order valence-electron chi connectivity index (χ0n) is 17.5. The SMILES string of the molecule is Cn1nc(C2CCN(C(=O)CCc3cc(Cl)no3)CC2)n(CCc2ccccc2)c1=O. The van der Waals surface area contributed by atoms with Crippen molar-refractivity contribution in [1.29, 1.82) is 0 Å². The average Bonchev–Trinajstić information content (AvgIpc) is 3.34. The number of halogens is 1. The molecule has 1 amide bonds. The van der Waals surface area contributed by atoms with Crippen LogP contribution in [0.5, 0.6) is 0 Å². The van der Waals surface area contributed by atoms with Crippen LogP contribution in [0.1, 0.15) is 42.3 Å². The Morgan fingerprint density at radius 3 is 2.61 bits per heavy atom. The second kappa shape index (κ2) is 9.51. The molecule has 0 aliphatic carbocycles. The molecule has 0 N–H and O–H groups in total. The summed E-state index contributed by atoms with van der Waals surface area (Å²) >= 11 is 5.75. The summed E-state index contributed by atoms with van der Waals surface area (Å²) in [5.74, 6) is 1.70. The van der Waals surface area contributed by atoms with Gasteiger partial charge in [-0.05, 0) is 24.8 Å². The maximum absolute atomic E-state index is 12.6. The van der Waals surface area contributed by atoms with E-state index in [0.29, 0.717) is 43.4 Å². The van der Waals surface area contributed by atoms with Gasteiger partial charge in [0.15, 0.2) is 5.15 Å². The summed E-state index contributed by atoms with van der Waals surface area (Å²) in [5, 5.41) is 8.46. The first kappa shape index (κ1) is 21.4. The molecular formula is C22H26ClN5O3. The van der Waals surface area contributed by atoms with E-state index in [9.17, 15) is 9.59 Å². The molecular weight excluding hydrogens is 418 g/mol.